The van der Waals surface area contributed by atoms with Crippen LogP contribution in [-0.2, 0) is 9.53 Å². The molecular weight excluding hydrogens is 467 g/mol. The minimum atomic E-state index is -0.839. The highest BCUT2D eigenvalue weighted by Gasteiger charge is 2.36. The highest BCUT2D eigenvalue weighted by atomic mass is 35.5. The molecule has 166 valence electrons. The third-order valence-corrected chi connectivity index (χ3v) is 5.34. The first-order valence-corrected chi connectivity index (χ1v) is 9.76. The van der Waals surface area contributed by atoms with Crippen LogP contribution in [-0.4, -0.2) is 53.7 Å². The van der Waals surface area contributed by atoms with Crippen LogP contribution in [0.25, 0.3) is 0 Å². The van der Waals surface area contributed by atoms with Crippen LogP contribution in [0.3, 0.4) is 0 Å². The zero-order chi connectivity index (χ0) is 23.6. The standard InChI is InChI=1S/C20H14Cl2N2O8/c1-31-17-3-2-10(6-15(17)24(29)30)16(25)9-32-18(26)4-5-23-19(27)11-7-13(21)14(22)8-12(11)20(23)28/h2-3,6-8H,4-5,9H2,1H3. The summed E-state index contributed by atoms with van der Waals surface area (Å²) in [6, 6.07) is 6.14. The molecule has 2 aromatic carbocycles. The molecule has 3 rings (SSSR count). The fourth-order valence-corrected chi connectivity index (χ4v) is 3.32. The zero-order valence-corrected chi connectivity index (χ0v) is 17.9. The number of nitrogens with zero attached hydrogens (tertiary/aromatic N) is 2. The lowest BCUT2D eigenvalue weighted by Gasteiger charge is -2.13. The number of amides is 2. The maximum atomic E-state index is 12.4. The molecule has 1 aliphatic heterocycles. The molecule has 0 saturated carbocycles. The van der Waals surface area contributed by atoms with Gasteiger partial charge in [-0.2, -0.15) is 0 Å². The summed E-state index contributed by atoms with van der Waals surface area (Å²) < 4.78 is 9.74. The van der Waals surface area contributed by atoms with E-state index in [-0.39, 0.29) is 45.5 Å². The van der Waals surface area contributed by atoms with Crippen LogP contribution >= 0.6 is 23.2 Å². The summed E-state index contributed by atoms with van der Waals surface area (Å²) in [7, 11) is 1.25. The van der Waals surface area contributed by atoms with Crippen LogP contribution in [0.4, 0.5) is 5.69 Å². The van der Waals surface area contributed by atoms with Gasteiger partial charge in [0.1, 0.15) is 0 Å². The minimum absolute atomic E-state index is 0.0212. The molecule has 0 N–H and O–H groups in total. The topological polar surface area (TPSA) is 133 Å². The summed E-state index contributed by atoms with van der Waals surface area (Å²) in [4.78, 5) is 60.2. The molecule has 0 saturated heterocycles. The van der Waals surface area contributed by atoms with Crippen molar-refractivity contribution in [1.29, 1.82) is 0 Å². The first-order valence-electron chi connectivity index (χ1n) is 9.00. The molecule has 0 bridgehead atoms. The van der Waals surface area contributed by atoms with Gasteiger partial charge in [0.15, 0.2) is 12.4 Å². The number of nitro groups is 1. The largest absolute Gasteiger partial charge is 0.490 e. The van der Waals surface area contributed by atoms with E-state index in [0.29, 0.717) is 0 Å². The number of carbonyl (C=O) groups excluding carboxylic acids is 4. The minimum Gasteiger partial charge on any atom is -0.490 e. The van der Waals surface area contributed by atoms with Crippen LogP contribution in [0.5, 0.6) is 5.75 Å². The summed E-state index contributed by atoms with van der Waals surface area (Å²) in [6.07, 6.45) is -0.358. The van der Waals surface area contributed by atoms with Crippen molar-refractivity contribution in [3.8, 4) is 5.75 Å². The highest BCUT2D eigenvalue weighted by Crippen LogP contribution is 2.31. The summed E-state index contributed by atoms with van der Waals surface area (Å²) in [5, 5.41) is 11.3. The van der Waals surface area contributed by atoms with Crippen LogP contribution in [0.2, 0.25) is 10.0 Å². The molecule has 0 radical (unpaired) electrons. The Bertz CT molecular complexity index is 1120. The Morgan fingerprint density at radius 1 is 1.06 bits per heavy atom. The van der Waals surface area contributed by atoms with Gasteiger partial charge in [-0.1, -0.05) is 23.2 Å². The van der Waals surface area contributed by atoms with E-state index >= 15 is 0 Å². The number of fused-ring (bicyclic) bond motifs is 1. The smallest absolute Gasteiger partial charge is 0.311 e. The van der Waals surface area contributed by atoms with Gasteiger partial charge in [0.05, 0.1) is 39.6 Å². The van der Waals surface area contributed by atoms with Gasteiger partial charge in [-0.25, -0.2) is 0 Å². The van der Waals surface area contributed by atoms with Crippen molar-refractivity contribution in [3.05, 3.63) is 67.2 Å². The molecule has 10 nitrogen and oxygen atoms in total. The van der Waals surface area contributed by atoms with Gasteiger partial charge >= 0.3 is 11.7 Å². The van der Waals surface area contributed by atoms with Crippen LogP contribution in [0.1, 0.15) is 37.5 Å². The van der Waals surface area contributed by atoms with E-state index in [0.717, 1.165) is 11.0 Å². The normalized spacial score (nSPS) is 12.5. The number of carbonyl (C=O) groups is 4. The van der Waals surface area contributed by atoms with Crippen LogP contribution in [0.15, 0.2) is 30.3 Å². The zero-order valence-electron chi connectivity index (χ0n) is 16.4. The van der Waals surface area contributed by atoms with E-state index < -0.39 is 40.8 Å². The molecule has 1 aliphatic rings. The molecule has 2 amide bonds. The molecule has 0 aromatic heterocycles. The fraction of sp³-hybridized carbons (Fsp3) is 0.200. The second-order valence-electron chi connectivity index (χ2n) is 6.55. The Kier molecular flexibility index (Phi) is 6.75. The van der Waals surface area contributed by atoms with Gasteiger partial charge in [0.2, 0.25) is 5.78 Å². The van der Waals surface area contributed by atoms with Crippen molar-refractivity contribution < 1.29 is 33.6 Å². The van der Waals surface area contributed by atoms with E-state index in [4.69, 9.17) is 32.7 Å². The molecule has 0 atom stereocenters. The van der Waals surface area contributed by atoms with E-state index in [1.165, 1.54) is 31.4 Å². The van der Waals surface area contributed by atoms with Gasteiger partial charge in [0, 0.05) is 18.2 Å². The second kappa shape index (κ2) is 9.33. The van der Waals surface area contributed by atoms with Crippen LogP contribution < -0.4 is 4.74 Å². The van der Waals surface area contributed by atoms with Crippen LogP contribution in [0, 0.1) is 10.1 Å². The van der Waals surface area contributed by atoms with E-state index in [1.807, 2.05) is 0 Å². The summed E-state index contributed by atoms with van der Waals surface area (Å²) in [5.41, 5.74) is -0.294. The lowest BCUT2D eigenvalue weighted by atomic mass is 10.1. The number of ether oxygens (including phenoxy) is 2. The number of esters is 1. The van der Waals surface area contributed by atoms with Gasteiger partial charge in [-0.05, 0) is 24.3 Å². The number of Topliss-reactive ketones (excluding diaryl/α,β-unsaturated/α-hetero) is 1. The number of ketones is 1. The predicted octanol–water partition coefficient (Wildman–Crippen LogP) is 3.32. The number of halogens is 2. The lowest BCUT2D eigenvalue weighted by Crippen LogP contribution is -2.32. The van der Waals surface area contributed by atoms with Gasteiger partial charge in [0.25, 0.3) is 11.8 Å². The number of nitro benzene ring substituents is 1. The summed E-state index contributed by atoms with van der Waals surface area (Å²) in [6.45, 7) is -0.946. The van der Waals surface area contributed by atoms with Gasteiger partial charge in [-0.15, -0.1) is 0 Å². The quantitative estimate of drug-likeness (QED) is 0.184. The maximum Gasteiger partial charge on any atom is 0.311 e. The van der Waals surface area contributed by atoms with Crippen molar-refractivity contribution in [2.45, 2.75) is 6.42 Å². The lowest BCUT2D eigenvalue weighted by molar-refractivity contribution is -0.385. The summed E-state index contributed by atoms with van der Waals surface area (Å²) >= 11 is 11.8. The highest BCUT2D eigenvalue weighted by molar-refractivity contribution is 6.43. The average molecular weight is 481 g/mol. The monoisotopic (exact) mass is 480 g/mol. The molecular formula is C20H14Cl2N2O8. The first-order chi connectivity index (χ1) is 15.1. The third kappa shape index (κ3) is 4.56. The number of hydrogen-bond donors (Lipinski definition) is 0. The van der Waals surface area contributed by atoms with Gasteiger partial charge in [-0.3, -0.25) is 34.2 Å². The van der Waals surface area contributed by atoms with Crippen molar-refractivity contribution in [2.75, 3.05) is 20.3 Å². The van der Waals surface area contributed by atoms with Crippen molar-refractivity contribution in [3.63, 3.8) is 0 Å². The Hall–Kier alpha value is -3.50. The molecule has 0 spiro atoms. The van der Waals surface area contributed by atoms with E-state index in [9.17, 15) is 29.3 Å². The molecule has 12 heteroatoms. The SMILES string of the molecule is COc1ccc(C(=O)COC(=O)CCN2C(=O)c3cc(Cl)c(Cl)cc3C2=O)cc1[N+](=O)[O-]. The van der Waals surface area contributed by atoms with E-state index in [2.05, 4.69) is 0 Å². The Morgan fingerprint density at radius 2 is 1.66 bits per heavy atom. The molecule has 0 aliphatic carbocycles. The maximum absolute atomic E-state index is 12.4. The Balaban J connectivity index is 1.57. The molecule has 32 heavy (non-hydrogen) atoms. The molecule has 1 heterocycles. The van der Waals surface area contributed by atoms with Gasteiger partial charge < -0.3 is 9.47 Å². The third-order valence-electron chi connectivity index (χ3n) is 4.61. The predicted molar refractivity (Wildman–Crippen MR) is 111 cm³/mol. The Labute approximate surface area is 190 Å². The molecule has 2 aromatic rings. The first kappa shape index (κ1) is 23.2. The molecule has 0 fully saturated rings. The Morgan fingerprint density at radius 3 is 2.19 bits per heavy atom. The average Bonchev–Trinajstić information content (AvgIpc) is 2.99. The molecule has 0 unspecified atom stereocenters. The number of hydrogen-bond acceptors (Lipinski definition) is 8. The van der Waals surface area contributed by atoms with E-state index in [1.54, 1.807) is 0 Å². The summed E-state index contributed by atoms with van der Waals surface area (Å²) in [5.74, 6) is -2.79. The number of methoxy groups -OCH3 is 1. The number of rotatable bonds is 8. The van der Waals surface area contributed by atoms with Crippen molar-refractivity contribution in [2.24, 2.45) is 0 Å². The van der Waals surface area contributed by atoms with Crippen molar-refractivity contribution >= 4 is 52.5 Å². The second-order valence-corrected chi connectivity index (χ2v) is 7.37. The number of benzene rings is 2. The fourth-order valence-electron chi connectivity index (χ4n) is 3.00. The van der Waals surface area contributed by atoms with Crippen molar-refractivity contribution in [1.82, 2.24) is 4.90 Å². The number of imide groups is 1.